The van der Waals surface area contributed by atoms with Gasteiger partial charge in [-0.05, 0) is 29.2 Å². The molecule has 1 heterocycles. The highest BCUT2D eigenvalue weighted by Gasteiger charge is 2.30. The summed E-state index contributed by atoms with van der Waals surface area (Å²) in [4.78, 5) is 0. The van der Waals surface area contributed by atoms with Crippen LogP contribution in [0.5, 0.6) is 0 Å². The molecule has 25 heavy (non-hydrogen) atoms. The average Bonchev–Trinajstić information content (AvgIpc) is 3.24. The predicted molar refractivity (Wildman–Crippen MR) is 100 cm³/mol. The van der Waals surface area contributed by atoms with Crippen molar-refractivity contribution in [3.05, 3.63) is 109 Å². The Balaban J connectivity index is 1.81. The van der Waals surface area contributed by atoms with Gasteiger partial charge in [0.1, 0.15) is 12.7 Å². The monoisotopic (exact) mass is 325 g/mol. The zero-order valence-electron chi connectivity index (χ0n) is 14.1. The zero-order valence-corrected chi connectivity index (χ0v) is 14.1. The minimum absolute atomic E-state index is 0.361. The second-order valence-corrected chi connectivity index (χ2v) is 6.25. The molecule has 3 nitrogen and oxygen atoms in total. The highest BCUT2D eigenvalue weighted by atomic mass is 15.3. The van der Waals surface area contributed by atoms with Crippen molar-refractivity contribution in [3.8, 4) is 11.1 Å². The second-order valence-electron chi connectivity index (χ2n) is 6.25. The summed E-state index contributed by atoms with van der Waals surface area (Å²) < 4.78 is 2.06. The van der Waals surface area contributed by atoms with Crippen molar-refractivity contribution in [2.75, 3.05) is 0 Å². The first kappa shape index (κ1) is 15.3. The summed E-state index contributed by atoms with van der Waals surface area (Å²) >= 11 is 0. The van der Waals surface area contributed by atoms with Gasteiger partial charge in [-0.1, -0.05) is 84.9 Å². The van der Waals surface area contributed by atoms with E-state index in [1.54, 1.807) is 12.7 Å². The average molecular weight is 325 g/mol. The highest BCUT2D eigenvalue weighted by molar-refractivity contribution is 5.64. The van der Waals surface area contributed by atoms with E-state index in [0.29, 0.717) is 0 Å². The Morgan fingerprint density at radius 2 is 1.08 bits per heavy atom. The van der Waals surface area contributed by atoms with Gasteiger partial charge in [-0.2, -0.15) is 0 Å². The number of benzene rings is 3. The van der Waals surface area contributed by atoms with Gasteiger partial charge in [0, 0.05) is 0 Å². The second kappa shape index (κ2) is 6.36. The van der Waals surface area contributed by atoms with Crippen LogP contribution in [0.2, 0.25) is 0 Å². The van der Waals surface area contributed by atoms with Crippen LogP contribution < -0.4 is 0 Å². The first-order valence-electron chi connectivity index (χ1n) is 8.35. The van der Waals surface area contributed by atoms with Gasteiger partial charge >= 0.3 is 0 Å². The number of hydrogen-bond acceptors (Lipinski definition) is 2. The Hall–Kier alpha value is -3.20. The summed E-state index contributed by atoms with van der Waals surface area (Å²) in [5.41, 5.74) is 4.46. The Morgan fingerprint density at radius 3 is 1.68 bits per heavy atom. The lowest BCUT2D eigenvalue weighted by Crippen LogP contribution is -2.31. The van der Waals surface area contributed by atoms with Crippen LogP contribution in [0.25, 0.3) is 11.1 Å². The Bertz CT molecular complexity index is 930. The molecular weight excluding hydrogens is 306 g/mol. The smallest absolute Gasteiger partial charge is 0.120 e. The molecule has 0 aliphatic rings. The molecule has 0 aliphatic carbocycles. The summed E-state index contributed by atoms with van der Waals surface area (Å²) in [6, 6.07) is 29.6. The molecular formula is C22H19N3. The fourth-order valence-electron chi connectivity index (χ4n) is 3.28. The van der Waals surface area contributed by atoms with Gasteiger partial charge in [0.25, 0.3) is 0 Å². The van der Waals surface area contributed by atoms with Crippen molar-refractivity contribution < 1.29 is 0 Å². The molecule has 0 saturated carbocycles. The van der Waals surface area contributed by atoms with Gasteiger partial charge in [-0.25, -0.2) is 0 Å². The highest BCUT2D eigenvalue weighted by Crippen LogP contribution is 2.34. The summed E-state index contributed by atoms with van der Waals surface area (Å²) in [6.45, 7) is 2.20. The molecule has 4 rings (SSSR count). The van der Waals surface area contributed by atoms with E-state index in [0.717, 1.165) is 0 Å². The topological polar surface area (TPSA) is 30.7 Å². The molecule has 0 radical (unpaired) electrons. The van der Waals surface area contributed by atoms with Crippen molar-refractivity contribution in [1.29, 1.82) is 0 Å². The third-order valence-electron chi connectivity index (χ3n) is 4.83. The maximum atomic E-state index is 4.02. The fourth-order valence-corrected chi connectivity index (χ4v) is 3.28. The first-order valence-corrected chi connectivity index (χ1v) is 8.35. The Labute approximate surface area is 147 Å². The lowest BCUT2D eigenvalue weighted by molar-refractivity contribution is 0.473. The molecule has 0 spiro atoms. The molecule has 4 aromatic rings. The van der Waals surface area contributed by atoms with Crippen molar-refractivity contribution >= 4 is 0 Å². The number of rotatable bonds is 4. The summed E-state index contributed by atoms with van der Waals surface area (Å²) in [5, 5.41) is 8.03. The molecule has 3 aromatic carbocycles. The quantitative estimate of drug-likeness (QED) is 0.542. The van der Waals surface area contributed by atoms with Gasteiger partial charge in [0.2, 0.25) is 0 Å². The van der Waals surface area contributed by atoms with Crippen LogP contribution in [-0.2, 0) is 5.54 Å². The molecule has 122 valence electrons. The van der Waals surface area contributed by atoms with E-state index in [1.807, 2.05) is 12.1 Å². The minimum Gasteiger partial charge on any atom is -0.306 e. The Morgan fingerprint density at radius 1 is 0.600 bits per heavy atom. The van der Waals surface area contributed by atoms with Gasteiger partial charge in [0.15, 0.2) is 0 Å². The first-order chi connectivity index (χ1) is 12.3. The number of aromatic nitrogens is 3. The third-order valence-corrected chi connectivity index (χ3v) is 4.83. The van der Waals surface area contributed by atoms with Crippen LogP contribution in [0.15, 0.2) is 97.6 Å². The van der Waals surface area contributed by atoms with Crippen molar-refractivity contribution in [2.24, 2.45) is 0 Å². The van der Waals surface area contributed by atoms with Crippen molar-refractivity contribution in [2.45, 2.75) is 12.5 Å². The molecule has 0 bridgehead atoms. The molecule has 3 heteroatoms. The van der Waals surface area contributed by atoms with Crippen LogP contribution in [0, 0.1) is 0 Å². The van der Waals surface area contributed by atoms with E-state index in [4.69, 9.17) is 0 Å². The molecule has 0 fully saturated rings. The Kier molecular flexibility index (Phi) is 3.90. The maximum Gasteiger partial charge on any atom is 0.120 e. The fraction of sp³-hybridized carbons (Fsp3) is 0.0909. The van der Waals surface area contributed by atoms with Crippen LogP contribution >= 0.6 is 0 Å². The van der Waals surface area contributed by atoms with E-state index >= 15 is 0 Å². The van der Waals surface area contributed by atoms with Crippen molar-refractivity contribution in [1.82, 2.24) is 14.8 Å². The van der Waals surface area contributed by atoms with E-state index in [-0.39, 0.29) is 5.54 Å². The van der Waals surface area contributed by atoms with E-state index in [2.05, 4.69) is 94.5 Å². The molecule has 1 aromatic heterocycles. The van der Waals surface area contributed by atoms with Crippen molar-refractivity contribution in [3.63, 3.8) is 0 Å². The minimum atomic E-state index is -0.361. The maximum absolute atomic E-state index is 4.02. The normalized spacial score (nSPS) is 13.3. The van der Waals surface area contributed by atoms with E-state index in [9.17, 15) is 0 Å². The molecule has 0 aliphatic heterocycles. The van der Waals surface area contributed by atoms with Crippen LogP contribution in [-0.4, -0.2) is 14.8 Å². The molecule has 1 unspecified atom stereocenters. The predicted octanol–water partition coefficient (Wildman–Crippen LogP) is 4.76. The lowest BCUT2D eigenvalue weighted by Gasteiger charge is -2.32. The summed E-state index contributed by atoms with van der Waals surface area (Å²) in [5.74, 6) is 0. The van der Waals surface area contributed by atoms with Crippen LogP contribution in [0.1, 0.15) is 18.1 Å². The number of nitrogens with zero attached hydrogens (tertiary/aromatic N) is 3. The van der Waals surface area contributed by atoms with Crippen LogP contribution in [0.3, 0.4) is 0 Å². The number of hydrogen-bond donors (Lipinski definition) is 0. The van der Waals surface area contributed by atoms with Gasteiger partial charge in [-0.3, -0.25) is 0 Å². The van der Waals surface area contributed by atoms with Gasteiger partial charge < -0.3 is 4.57 Å². The molecule has 0 N–H and O–H groups in total. The lowest BCUT2D eigenvalue weighted by atomic mass is 9.83. The van der Waals surface area contributed by atoms with Gasteiger partial charge in [-0.15, -0.1) is 10.2 Å². The van der Waals surface area contributed by atoms with Gasteiger partial charge in [0.05, 0.1) is 5.54 Å². The SMILES string of the molecule is CC(c1ccccc1)(c1ccc(-c2ccccc2)cc1)n1cnnc1. The summed E-state index contributed by atoms with van der Waals surface area (Å²) in [6.07, 6.45) is 3.55. The zero-order chi connectivity index (χ0) is 17.1. The molecule has 0 saturated heterocycles. The molecule has 0 amide bonds. The third kappa shape index (κ3) is 2.74. The summed E-state index contributed by atoms with van der Waals surface area (Å²) in [7, 11) is 0. The molecule has 1 atom stereocenters. The van der Waals surface area contributed by atoms with Crippen LogP contribution in [0.4, 0.5) is 0 Å². The standard InChI is InChI=1S/C22H19N3/c1-22(25-16-23-24-17-25,20-10-6-3-7-11-20)21-14-12-19(13-15-21)18-8-4-2-5-9-18/h2-17H,1H3. The van der Waals surface area contributed by atoms with E-state index < -0.39 is 0 Å². The largest absolute Gasteiger partial charge is 0.306 e. The van der Waals surface area contributed by atoms with E-state index in [1.165, 1.54) is 22.3 Å².